The molecule has 5 nitrogen and oxygen atoms in total. The van der Waals surface area contributed by atoms with Crippen LogP contribution in [0.1, 0.15) is 53.5 Å². The van der Waals surface area contributed by atoms with E-state index in [9.17, 15) is 14.6 Å². The first kappa shape index (κ1) is 17.4. The molecule has 0 fully saturated rings. The van der Waals surface area contributed by atoms with Crippen molar-refractivity contribution in [2.75, 3.05) is 6.54 Å². The smallest absolute Gasteiger partial charge is 0.123 e. The first-order valence-electron chi connectivity index (χ1n) is 8.28. The molecule has 0 aromatic heterocycles. The Hall–Kier alpha value is -2.40. The van der Waals surface area contributed by atoms with Crippen molar-refractivity contribution < 1.29 is 14.6 Å². The molecule has 4 atom stereocenters. The number of benzene rings is 2. The minimum atomic E-state index is -0.839. The van der Waals surface area contributed by atoms with Gasteiger partial charge < -0.3 is 10.2 Å². The van der Waals surface area contributed by atoms with Crippen LogP contribution in [0.2, 0.25) is 0 Å². The summed E-state index contributed by atoms with van der Waals surface area (Å²) in [6.45, 7) is 1.96. The summed E-state index contributed by atoms with van der Waals surface area (Å²) in [5.74, 6) is -0.584. The molecule has 2 aromatic rings. The molecule has 2 aromatic carbocycles. The second kappa shape index (κ2) is 7.23. The average molecular weight is 341 g/mol. The molecular weight excluding hydrogens is 321 g/mol. The van der Waals surface area contributed by atoms with Gasteiger partial charge >= 0.3 is 0 Å². The molecule has 0 saturated carbocycles. The first-order chi connectivity index (χ1) is 12.0. The molecule has 0 amide bonds. The van der Waals surface area contributed by atoms with Crippen molar-refractivity contribution in [1.82, 2.24) is 0 Å². The van der Waals surface area contributed by atoms with Crippen molar-refractivity contribution >= 4 is 0 Å². The summed E-state index contributed by atoms with van der Waals surface area (Å²) in [4.78, 5) is 2.69. The molecule has 2 N–H and O–H groups in total. The molecule has 6 heteroatoms. The van der Waals surface area contributed by atoms with E-state index in [1.54, 1.807) is 6.07 Å². The fraction of sp³-hybridized carbons (Fsp3) is 0.368. The number of rotatable bonds is 4. The highest BCUT2D eigenvalue weighted by Gasteiger charge is 2.33. The third-order valence-electron chi connectivity index (χ3n) is 5.01. The van der Waals surface area contributed by atoms with Gasteiger partial charge in [0.05, 0.1) is 12.6 Å². The van der Waals surface area contributed by atoms with Crippen molar-refractivity contribution in [1.29, 1.82) is 0 Å². The molecule has 0 heterocycles. The van der Waals surface area contributed by atoms with Gasteiger partial charge in [0, 0.05) is 4.91 Å². The van der Waals surface area contributed by atoms with Crippen LogP contribution in [0, 0.1) is 5.82 Å². The van der Waals surface area contributed by atoms with E-state index in [1.165, 1.54) is 12.1 Å². The zero-order valence-corrected chi connectivity index (χ0v) is 13.9. The summed E-state index contributed by atoms with van der Waals surface area (Å²) in [6, 6.07) is 12.0. The summed E-state index contributed by atoms with van der Waals surface area (Å²) in [5, 5.41) is 24.5. The zero-order valence-electron chi connectivity index (χ0n) is 13.9. The topological polar surface area (TPSA) is 89.2 Å². The van der Waals surface area contributed by atoms with Gasteiger partial charge in [-0.3, -0.25) is 0 Å². The summed E-state index contributed by atoms with van der Waals surface area (Å²) >= 11 is 0. The van der Waals surface area contributed by atoms with E-state index in [0.29, 0.717) is 12.0 Å². The van der Waals surface area contributed by atoms with Crippen molar-refractivity contribution in [3.8, 4) is 0 Å². The maximum atomic E-state index is 13.8. The van der Waals surface area contributed by atoms with E-state index < -0.39 is 12.2 Å². The lowest BCUT2D eigenvalue weighted by Gasteiger charge is -2.26. The molecule has 3 rings (SSSR count). The first-order valence-corrected chi connectivity index (χ1v) is 8.28. The average Bonchev–Trinajstić information content (AvgIpc) is 2.70. The standard InChI is InChI=1S/C19H20FN3O2/c1-11-17-8-12(20)6-7-16(17)19(25)15-5-3-2-4-14(15)18(11)9-13(24)10-22-23-21/h2-8,11,13,18-19,24-25H,9-10H2,1H3/t11-,13-,18+,19-/m1/s1. The highest BCUT2D eigenvalue weighted by molar-refractivity contribution is 5.47. The quantitative estimate of drug-likeness (QED) is 0.496. The van der Waals surface area contributed by atoms with Crippen molar-refractivity contribution in [2.24, 2.45) is 5.11 Å². The summed E-state index contributed by atoms with van der Waals surface area (Å²) in [6.07, 6.45) is -1.28. The van der Waals surface area contributed by atoms with Crippen LogP contribution in [0.25, 0.3) is 10.4 Å². The Labute approximate surface area is 145 Å². The molecule has 0 unspecified atom stereocenters. The number of aliphatic hydroxyl groups is 2. The Kier molecular flexibility index (Phi) is 5.04. The lowest BCUT2D eigenvalue weighted by molar-refractivity contribution is 0.158. The lowest BCUT2D eigenvalue weighted by atomic mass is 9.79. The fourth-order valence-electron chi connectivity index (χ4n) is 3.77. The Morgan fingerprint density at radius 2 is 1.84 bits per heavy atom. The van der Waals surface area contributed by atoms with Crippen LogP contribution in [0.4, 0.5) is 4.39 Å². The van der Waals surface area contributed by atoms with E-state index in [4.69, 9.17) is 5.53 Å². The van der Waals surface area contributed by atoms with Gasteiger partial charge in [0.2, 0.25) is 0 Å². The van der Waals surface area contributed by atoms with Gasteiger partial charge in [-0.25, -0.2) is 4.39 Å². The van der Waals surface area contributed by atoms with Crippen LogP contribution < -0.4 is 0 Å². The van der Waals surface area contributed by atoms with Crippen LogP contribution in [0.15, 0.2) is 47.6 Å². The maximum Gasteiger partial charge on any atom is 0.123 e. The molecule has 0 aliphatic heterocycles. The number of fused-ring (bicyclic) bond motifs is 2. The highest BCUT2D eigenvalue weighted by Crippen LogP contribution is 2.46. The fourth-order valence-corrected chi connectivity index (χ4v) is 3.77. The summed E-state index contributed by atoms with van der Waals surface area (Å²) < 4.78 is 13.8. The van der Waals surface area contributed by atoms with Gasteiger partial charge in [-0.2, -0.15) is 0 Å². The summed E-state index contributed by atoms with van der Waals surface area (Å²) in [7, 11) is 0. The van der Waals surface area contributed by atoms with Gasteiger partial charge in [-0.05, 0) is 58.2 Å². The Balaban J connectivity index is 2.09. The highest BCUT2D eigenvalue weighted by atomic mass is 19.1. The van der Waals surface area contributed by atoms with E-state index in [-0.39, 0.29) is 24.2 Å². The maximum absolute atomic E-state index is 13.8. The lowest BCUT2D eigenvalue weighted by Crippen LogP contribution is -2.19. The SMILES string of the molecule is C[C@@H]1c2cc(F)ccc2[C@H](O)c2ccccc2[C@H]1C[C@@H](O)CN=[N+]=[N-]. The molecule has 25 heavy (non-hydrogen) atoms. The van der Waals surface area contributed by atoms with Crippen LogP contribution in [-0.4, -0.2) is 22.9 Å². The van der Waals surface area contributed by atoms with Gasteiger partial charge in [-0.15, -0.1) is 0 Å². The second-order valence-electron chi connectivity index (χ2n) is 6.50. The third kappa shape index (κ3) is 3.37. The molecule has 0 bridgehead atoms. The van der Waals surface area contributed by atoms with Crippen molar-refractivity contribution in [3.05, 3.63) is 81.0 Å². The largest absolute Gasteiger partial charge is 0.393 e. The Bertz CT molecular complexity index is 820. The molecule has 1 aliphatic carbocycles. The van der Waals surface area contributed by atoms with Gasteiger partial charge in [0.15, 0.2) is 0 Å². The minimum absolute atomic E-state index is 0.0134. The number of azide groups is 1. The number of aliphatic hydroxyl groups excluding tert-OH is 2. The number of halogens is 1. The predicted molar refractivity (Wildman–Crippen MR) is 92.7 cm³/mol. The van der Waals surface area contributed by atoms with E-state index in [1.807, 2.05) is 31.2 Å². The Morgan fingerprint density at radius 1 is 1.16 bits per heavy atom. The molecule has 0 radical (unpaired) electrons. The molecular formula is C19H20FN3O2. The third-order valence-corrected chi connectivity index (χ3v) is 5.01. The second-order valence-corrected chi connectivity index (χ2v) is 6.50. The van der Waals surface area contributed by atoms with E-state index in [0.717, 1.165) is 16.7 Å². The predicted octanol–water partition coefficient (Wildman–Crippen LogP) is 4.17. The number of hydrogen-bond donors (Lipinski definition) is 2. The summed E-state index contributed by atoms with van der Waals surface area (Å²) in [5.41, 5.74) is 11.6. The number of hydrogen-bond acceptors (Lipinski definition) is 3. The van der Waals surface area contributed by atoms with E-state index in [2.05, 4.69) is 10.0 Å². The molecule has 0 saturated heterocycles. The van der Waals surface area contributed by atoms with Gasteiger partial charge in [-0.1, -0.05) is 42.4 Å². The van der Waals surface area contributed by atoms with Crippen molar-refractivity contribution in [2.45, 2.75) is 37.4 Å². The van der Waals surface area contributed by atoms with E-state index >= 15 is 0 Å². The Morgan fingerprint density at radius 3 is 2.56 bits per heavy atom. The monoisotopic (exact) mass is 341 g/mol. The van der Waals surface area contributed by atoms with Gasteiger partial charge in [0.1, 0.15) is 11.9 Å². The van der Waals surface area contributed by atoms with Crippen LogP contribution >= 0.6 is 0 Å². The zero-order chi connectivity index (χ0) is 18.0. The van der Waals surface area contributed by atoms with Gasteiger partial charge in [0.25, 0.3) is 0 Å². The van der Waals surface area contributed by atoms with Crippen LogP contribution in [0.3, 0.4) is 0 Å². The number of nitrogens with zero attached hydrogens (tertiary/aromatic N) is 3. The minimum Gasteiger partial charge on any atom is -0.393 e. The van der Waals surface area contributed by atoms with Crippen LogP contribution in [0.5, 0.6) is 0 Å². The van der Waals surface area contributed by atoms with Crippen LogP contribution in [-0.2, 0) is 0 Å². The normalized spacial score (nSPS) is 23.0. The molecule has 0 spiro atoms. The van der Waals surface area contributed by atoms with Crippen molar-refractivity contribution in [3.63, 3.8) is 0 Å². The molecule has 130 valence electrons. The molecule has 1 aliphatic rings.